The van der Waals surface area contributed by atoms with Gasteiger partial charge >= 0.3 is 6.09 Å². The van der Waals surface area contributed by atoms with Crippen LogP contribution in [0.5, 0.6) is 0 Å². The number of aromatic nitrogens is 2. The van der Waals surface area contributed by atoms with Gasteiger partial charge in [-0.3, -0.25) is 0 Å². The third-order valence-electron chi connectivity index (χ3n) is 3.68. The van der Waals surface area contributed by atoms with Crippen molar-refractivity contribution in [2.75, 3.05) is 6.54 Å². The normalized spacial score (nSPS) is 23.9. The Morgan fingerprint density at radius 2 is 2.25 bits per heavy atom. The highest BCUT2D eigenvalue weighted by molar-refractivity contribution is 5.68. The van der Waals surface area contributed by atoms with Gasteiger partial charge in [0.2, 0.25) is 0 Å². The standard InChI is InChI=1S/C14H24N4O2/c1-9(18-12(19)20-13(2,3)4)14(5)11-10(6-7-17-14)15-8-16-11/h8-9,17H,6-7H2,1-5H3,(H,15,16)(H,18,19). The maximum absolute atomic E-state index is 11.9. The third-order valence-corrected chi connectivity index (χ3v) is 3.68. The van der Waals surface area contributed by atoms with E-state index in [2.05, 4.69) is 20.6 Å². The molecule has 0 radical (unpaired) electrons. The van der Waals surface area contributed by atoms with Crippen LogP contribution in [0.4, 0.5) is 4.79 Å². The van der Waals surface area contributed by atoms with Crippen molar-refractivity contribution in [3.05, 3.63) is 17.7 Å². The average Bonchev–Trinajstić information content (AvgIpc) is 2.75. The van der Waals surface area contributed by atoms with Gasteiger partial charge in [-0.05, 0) is 34.6 Å². The van der Waals surface area contributed by atoms with Crippen molar-refractivity contribution >= 4 is 6.09 Å². The monoisotopic (exact) mass is 280 g/mol. The van der Waals surface area contributed by atoms with Crippen molar-refractivity contribution in [1.29, 1.82) is 0 Å². The fraction of sp³-hybridized carbons (Fsp3) is 0.714. The van der Waals surface area contributed by atoms with Gasteiger partial charge in [-0.25, -0.2) is 9.78 Å². The maximum atomic E-state index is 11.9. The third kappa shape index (κ3) is 2.95. The molecule has 20 heavy (non-hydrogen) atoms. The van der Waals surface area contributed by atoms with Gasteiger partial charge in [0.05, 0.1) is 23.6 Å². The van der Waals surface area contributed by atoms with Gasteiger partial charge < -0.3 is 20.4 Å². The van der Waals surface area contributed by atoms with Gasteiger partial charge in [0.25, 0.3) is 0 Å². The number of amides is 1. The fourth-order valence-electron chi connectivity index (χ4n) is 2.48. The summed E-state index contributed by atoms with van der Waals surface area (Å²) in [7, 11) is 0. The number of hydrogen-bond acceptors (Lipinski definition) is 4. The van der Waals surface area contributed by atoms with Gasteiger partial charge in [0.1, 0.15) is 5.60 Å². The zero-order valence-electron chi connectivity index (χ0n) is 12.8. The second-order valence-corrected chi connectivity index (χ2v) is 6.48. The average molecular weight is 280 g/mol. The molecular weight excluding hydrogens is 256 g/mol. The van der Waals surface area contributed by atoms with Gasteiger partial charge in [0, 0.05) is 18.7 Å². The summed E-state index contributed by atoms with van der Waals surface area (Å²) in [6.07, 6.45) is 2.22. The van der Waals surface area contributed by atoms with Crippen LogP contribution in [0.3, 0.4) is 0 Å². The number of ether oxygens (including phenoxy) is 1. The summed E-state index contributed by atoms with van der Waals surface area (Å²) in [6.45, 7) is 10.4. The van der Waals surface area contributed by atoms with Gasteiger partial charge in [0.15, 0.2) is 0 Å². The van der Waals surface area contributed by atoms with Crippen LogP contribution in [0.1, 0.15) is 46.0 Å². The number of fused-ring (bicyclic) bond motifs is 1. The molecule has 112 valence electrons. The minimum Gasteiger partial charge on any atom is -0.444 e. The van der Waals surface area contributed by atoms with E-state index in [-0.39, 0.29) is 6.04 Å². The lowest BCUT2D eigenvalue weighted by atomic mass is 9.85. The van der Waals surface area contributed by atoms with E-state index in [0.29, 0.717) is 0 Å². The second-order valence-electron chi connectivity index (χ2n) is 6.48. The first-order valence-corrected chi connectivity index (χ1v) is 6.99. The van der Waals surface area contributed by atoms with E-state index in [4.69, 9.17) is 4.74 Å². The molecule has 2 atom stereocenters. The van der Waals surface area contributed by atoms with Crippen LogP contribution < -0.4 is 10.6 Å². The molecule has 0 saturated heterocycles. The smallest absolute Gasteiger partial charge is 0.407 e. The van der Waals surface area contributed by atoms with Crippen LogP contribution in [-0.2, 0) is 16.7 Å². The van der Waals surface area contributed by atoms with Crippen molar-refractivity contribution in [2.24, 2.45) is 0 Å². The molecule has 0 aliphatic carbocycles. The lowest BCUT2D eigenvalue weighted by molar-refractivity contribution is 0.0472. The summed E-state index contributed by atoms with van der Waals surface area (Å²) in [4.78, 5) is 19.5. The summed E-state index contributed by atoms with van der Waals surface area (Å²) in [5.41, 5.74) is 1.20. The molecule has 1 aromatic heterocycles. The first kappa shape index (κ1) is 14.8. The molecule has 0 bridgehead atoms. The number of nitrogens with one attached hydrogen (secondary N) is 3. The number of aromatic amines is 1. The molecule has 1 aromatic rings. The van der Waals surface area contributed by atoms with Crippen LogP contribution in [0.25, 0.3) is 0 Å². The SMILES string of the molecule is CC(NC(=O)OC(C)(C)C)C1(C)NCCc2[nH]cnc21. The van der Waals surface area contributed by atoms with E-state index in [1.807, 2.05) is 34.6 Å². The number of hydrogen-bond donors (Lipinski definition) is 3. The molecule has 1 amide bonds. The summed E-state index contributed by atoms with van der Waals surface area (Å²) in [5.74, 6) is 0. The number of H-pyrrole nitrogens is 1. The van der Waals surface area contributed by atoms with Crippen molar-refractivity contribution in [3.8, 4) is 0 Å². The minimum atomic E-state index is -0.498. The van der Waals surface area contributed by atoms with Crippen LogP contribution in [0, 0.1) is 0 Å². The van der Waals surface area contributed by atoms with Crippen molar-refractivity contribution in [2.45, 2.75) is 58.2 Å². The van der Waals surface area contributed by atoms with E-state index in [9.17, 15) is 4.79 Å². The number of imidazole rings is 1. The Morgan fingerprint density at radius 1 is 1.55 bits per heavy atom. The molecular formula is C14H24N4O2. The first-order valence-electron chi connectivity index (χ1n) is 6.99. The van der Waals surface area contributed by atoms with Crippen molar-refractivity contribution < 1.29 is 9.53 Å². The molecule has 2 rings (SSSR count). The number of rotatable bonds is 2. The van der Waals surface area contributed by atoms with E-state index < -0.39 is 17.2 Å². The summed E-state index contributed by atoms with van der Waals surface area (Å²) >= 11 is 0. The van der Waals surface area contributed by atoms with Crippen LogP contribution in [-0.4, -0.2) is 34.2 Å². The van der Waals surface area contributed by atoms with E-state index in [1.165, 1.54) is 0 Å². The van der Waals surface area contributed by atoms with Crippen molar-refractivity contribution in [3.63, 3.8) is 0 Å². The molecule has 1 aliphatic rings. The quantitative estimate of drug-likeness (QED) is 0.770. The van der Waals surface area contributed by atoms with Crippen LogP contribution in [0.2, 0.25) is 0 Å². The van der Waals surface area contributed by atoms with Gasteiger partial charge in [-0.15, -0.1) is 0 Å². The molecule has 2 unspecified atom stereocenters. The fourth-order valence-corrected chi connectivity index (χ4v) is 2.48. The van der Waals surface area contributed by atoms with E-state index in [1.54, 1.807) is 6.33 Å². The van der Waals surface area contributed by atoms with E-state index >= 15 is 0 Å². The Bertz CT molecular complexity index is 492. The maximum Gasteiger partial charge on any atom is 0.407 e. The largest absolute Gasteiger partial charge is 0.444 e. The second kappa shape index (κ2) is 5.09. The Hall–Kier alpha value is -1.56. The van der Waals surface area contributed by atoms with E-state index in [0.717, 1.165) is 24.4 Å². The molecule has 3 N–H and O–H groups in total. The van der Waals surface area contributed by atoms with Gasteiger partial charge in [-0.1, -0.05) is 0 Å². The predicted molar refractivity (Wildman–Crippen MR) is 76.5 cm³/mol. The number of carbonyl (C=O) groups is 1. The highest BCUT2D eigenvalue weighted by Gasteiger charge is 2.40. The zero-order chi connectivity index (χ0) is 15.0. The number of alkyl carbamates (subject to hydrolysis) is 1. The number of carbonyl (C=O) groups excluding carboxylic acids is 1. The summed E-state index contributed by atoms with van der Waals surface area (Å²) in [6, 6.07) is -0.139. The minimum absolute atomic E-state index is 0.139. The molecule has 6 nitrogen and oxygen atoms in total. The number of nitrogens with zero attached hydrogens (tertiary/aromatic N) is 1. The molecule has 6 heteroatoms. The van der Waals surface area contributed by atoms with Crippen molar-refractivity contribution in [1.82, 2.24) is 20.6 Å². The highest BCUT2D eigenvalue weighted by Crippen LogP contribution is 2.29. The Morgan fingerprint density at radius 3 is 2.90 bits per heavy atom. The summed E-state index contributed by atoms with van der Waals surface area (Å²) in [5, 5.41) is 6.35. The molecule has 1 aliphatic heterocycles. The molecule has 0 spiro atoms. The Balaban J connectivity index is 2.10. The lowest BCUT2D eigenvalue weighted by Crippen LogP contribution is -2.58. The Kier molecular flexibility index (Phi) is 3.77. The Labute approximate surface area is 119 Å². The first-order chi connectivity index (χ1) is 9.22. The zero-order valence-corrected chi connectivity index (χ0v) is 12.8. The molecule has 0 fully saturated rings. The molecule has 0 saturated carbocycles. The molecule has 0 aromatic carbocycles. The lowest BCUT2D eigenvalue weighted by Gasteiger charge is -2.39. The van der Waals surface area contributed by atoms with Crippen LogP contribution >= 0.6 is 0 Å². The predicted octanol–water partition coefficient (Wildman–Crippen LogP) is 1.68. The van der Waals surface area contributed by atoms with Gasteiger partial charge in [-0.2, -0.15) is 0 Å². The highest BCUT2D eigenvalue weighted by atomic mass is 16.6. The summed E-state index contributed by atoms with van der Waals surface area (Å²) < 4.78 is 5.31. The topological polar surface area (TPSA) is 79.0 Å². The van der Waals surface area contributed by atoms with Crippen LogP contribution in [0.15, 0.2) is 6.33 Å². The molecule has 2 heterocycles.